The van der Waals surface area contributed by atoms with Gasteiger partial charge in [0.1, 0.15) is 5.75 Å². The molecule has 0 heterocycles. The number of phenols is 1. The Morgan fingerprint density at radius 1 is 0.685 bits per heavy atom. The van der Waals surface area contributed by atoms with Crippen LogP contribution in [0.4, 0.5) is 0 Å². The number of benzene rings is 5. The second-order valence-electron chi connectivity index (χ2n) is 14.7. The van der Waals surface area contributed by atoms with Crippen LogP contribution < -0.4 is 4.74 Å². The van der Waals surface area contributed by atoms with E-state index < -0.39 is 0 Å². The van der Waals surface area contributed by atoms with E-state index in [1.807, 2.05) is 54.6 Å². The Morgan fingerprint density at radius 3 is 1.93 bits per heavy atom. The monoisotopic (exact) mass is 776 g/mol. The first-order valence-corrected chi connectivity index (χ1v) is 20.9. The van der Waals surface area contributed by atoms with Crippen LogP contribution >= 0.6 is 35.0 Å². The van der Waals surface area contributed by atoms with E-state index in [1.165, 1.54) is 68.7 Å². The number of unbranched alkanes of at least 4 members (excludes halogenated alkanes) is 3. The third-order valence-corrected chi connectivity index (χ3v) is 12.7. The average molecular weight is 778 g/mol. The summed E-state index contributed by atoms with van der Waals surface area (Å²) in [5.41, 5.74) is 5.38. The maximum atomic E-state index is 14.1. The molecule has 1 saturated carbocycles. The molecule has 0 saturated heterocycles. The van der Waals surface area contributed by atoms with Gasteiger partial charge in [0.2, 0.25) is 0 Å². The summed E-state index contributed by atoms with van der Waals surface area (Å²) in [5, 5.41) is 12.7. The van der Waals surface area contributed by atoms with Crippen LogP contribution in [0.1, 0.15) is 121 Å². The Balaban J connectivity index is 1.18. The van der Waals surface area contributed by atoms with Crippen LogP contribution in [-0.4, -0.2) is 23.3 Å². The number of carbonyl (C=O) groups is 2. The van der Waals surface area contributed by atoms with Crippen LogP contribution in [0.15, 0.2) is 101 Å². The molecule has 1 N–H and O–H groups in total. The van der Waals surface area contributed by atoms with E-state index in [-0.39, 0.29) is 28.4 Å². The molecular formula is C47H46Cl2O4S. The predicted octanol–water partition coefficient (Wildman–Crippen LogP) is 14.0. The zero-order valence-corrected chi connectivity index (χ0v) is 33.3. The first-order valence-electron chi connectivity index (χ1n) is 19.4. The molecular weight excluding hydrogens is 731 g/mol. The quantitative estimate of drug-likeness (QED) is 0.118. The maximum absolute atomic E-state index is 14.1. The Labute approximate surface area is 333 Å². The number of aromatic hydroxyl groups is 1. The van der Waals surface area contributed by atoms with Gasteiger partial charge < -0.3 is 9.84 Å². The molecule has 0 bridgehead atoms. The SMILES string of the molecule is CCCCCC1CCC(c2ccc(-c3cc(Sc4ccc(-c5cc(Cl)c(OCCCC)c(Cl)c5)cc4)c4c(c3O)C(=O)c3ccccc3C4=O)cc2)CC1. The molecule has 0 radical (unpaired) electrons. The highest BCUT2D eigenvalue weighted by Gasteiger charge is 2.36. The summed E-state index contributed by atoms with van der Waals surface area (Å²) in [6.45, 7) is 4.91. The molecule has 278 valence electrons. The van der Waals surface area contributed by atoms with Crippen molar-refractivity contribution in [3.8, 4) is 33.8 Å². The van der Waals surface area contributed by atoms with Crippen molar-refractivity contribution in [2.24, 2.45) is 5.92 Å². The summed E-state index contributed by atoms with van der Waals surface area (Å²) in [6.07, 6.45) is 12.2. The molecule has 0 aromatic heterocycles. The second-order valence-corrected chi connectivity index (χ2v) is 16.6. The highest BCUT2D eigenvalue weighted by Crippen LogP contribution is 2.47. The molecule has 0 amide bonds. The van der Waals surface area contributed by atoms with Crippen LogP contribution in [-0.2, 0) is 0 Å². The van der Waals surface area contributed by atoms with Gasteiger partial charge in [0, 0.05) is 26.5 Å². The third kappa shape index (κ3) is 8.01. The van der Waals surface area contributed by atoms with Gasteiger partial charge in [0.15, 0.2) is 17.3 Å². The standard InChI is InChI=1S/C47H46Cl2O4S/c1-3-5-7-10-29-13-15-30(16-14-29)31-17-19-33(20-18-31)38-28-41(42-43(46(38)52)45(51)37-12-9-8-11-36(37)44(42)50)54-35-23-21-32(22-24-35)34-26-39(48)47(40(49)27-34)53-25-6-4-2/h8-9,11-12,17-24,26-30,52H,3-7,10,13-16,25H2,1-2H3. The zero-order chi connectivity index (χ0) is 37.8. The Kier molecular flexibility index (Phi) is 12.2. The molecule has 54 heavy (non-hydrogen) atoms. The fourth-order valence-electron chi connectivity index (χ4n) is 7.97. The van der Waals surface area contributed by atoms with E-state index in [0.717, 1.165) is 40.3 Å². The van der Waals surface area contributed by atoms with Gasteiger partial charge in [-0.2, -0.15) is 0 Å². The number of rotatable bonds is 13. The molecule has 1 fully saturated rings. The number of ether oxygens (including phenoxy) is 1. The van der Waals surface area contributed by atoms with Crippen LogP contribution in [0.2, 0.25) is 10.0 Å². The smallest absolute Gasteiger partial charge is 0.198 e. The number of hydrogen-bond donors (Lipinski definition) is 1. The van der Waals surface area contributed by atoms with Crippen molar-refractivity contribution in [1.29, 1.82) is 0 Å². The summed E-state index contributed by atoms with van der Waals surface area (Å²) in [4.78, 5) is 29.6. The minimum Gasteiger partial charge on any atom is -0.507 e. The second kappa shape index (κ2) is 17.2. The number of carbonyl (C=O) groups excluding carboxylic acids is 2. The highest BCUT2D eigenvalue weighted by molar-refractivity contribution is 7.99. The number of hydrogen-bond acceptors (Lipinski definition) is 5. The summed E-state index contributed by atoms with van der Waals surface area (Å²) in [5.74, 6) is 1.09. The topological polar surface area (TPSA) is 63.6 Å². The first kappa shape index (κ1) is 38.3. The van der Waals surface area contributed by atoms with Crippen LogP contribution in [0.5, 0.6) is 11.5 Å². The summed E-state index contributed by atoms with van der Waals surface area (Å²) in [6, 6.07) is 28.8. The molecule has 5 aromatic rings. The van der Waals surface area contributed by atoms with Crippen LogP contribution in [0.25, 0.3) is 22.3 Å². The molecule has 0 spiro atoms. The van der Waals surface area contributed by atoms with Crippen molar-refractivity contribution in [1.82, 2.24) is 0 Å². The Bertz CT molecular complexity index is 2130. The van der Waals surface area contributed by atoms with Crippen molar-refractivity contribution >= 4 is 46.5 Å². The predicted molar refractivity (Wildman–Crippen MR) is 222 cm³/mol. The van der Waals surface area contributed by atoms with E-state index in [0.29, 0.717) is 49.9 Å². The molecule has 4 nitrogen and oxygen atoms in total. The molecule has 7 rings (SSSR count). The number of phenolic OH excluding ortho intramolecular Hbond substituents is 1. The van der Waals surface area contributed by atoms with Gasteiger partial charge in [-0.15, -0.1) is 0 Å². The highest BCUT2D eigenvalue weighted by atomic mass is 35.5. The lowest BCUT2D eigenvalue weighted by Gasteiger charge is -2.29. The van der Waals surface area contributed by atoms with E-state index in [2.05, 4.69) is 26.0 Å². The van der Waals surface area contributed by atoms with E-state index >= 15 is 0 Å². The molecule has 7 heteroatoms. The van der Waals surface area contributed by atoms with Gasteiger partial charge in [0.05, 0.1) is 27.8 Å². The molecule has 0 atom stereocenters. The Morgan fingerprint density at radius 2 is 1.30 bits per heavy atom. The lowest BCUT2D eigenvalue weighted by Crippen LogP contribution is -2.22. The molecule has 0 aliphatic heterocycles. The number of ketones is 2. The number of fused-ring (bicyclic) bond motifs is 2. The Hall–Kier alpha value is -4.03. The first-order chi connectivity index (χ1) is 26.3. The zero-order valence-electron chi connectivity index (χ0n) is 30.9. The van der Waals surface area contributed by atoms with Crippen molar-refractivity contribution in [3.63, 3.8) is 0 Å². The fourth-order valence-corrected chi connectivity index (χ4v) is 9.57. The molecule has 2 aliphatic carbocycles. The normalized spacial score (nSPS) is 16.6. The van der Waals surface area contributed by atoms with Gasteiger partial charge in [-0.1, -0.05) is 142 Å². The van der Waals surface area contributed by atoms with Crippen molar-refractivity contribution in [2.75, 3.05) is 6.61 Å². The summed E-state index contributed by atoms with van der Waals surface area (Å²) in [7, 11) is 0. The van der Waals surface area contributed by atoms with E-state index in [9.17, 15) is 14.7 Å². The van der Waals surface area contributed by atoms with E-state index in [4.69, 9.17) is 27.9 Å². The lowest BCUT2D eigenvalue weighted by atomic mass is 9.77. The van der Waals surface area contributed by atoms with Crippen LogP contribution in [0, 0.1) is 5.92 Å². The minimum absolute atomic E-state index is 0.0614. The minimum atomic E-state index is -0.347. The average Bonchev–Trinajstić information content (AvgIpc) is 3.19. The van der Waals surface area contributed by atoms with E-state index in [1.54, 1.807) is 24.3 Å². The van der Waals surface area contributed by atoms with Gasteiger partial charge in [0.25, 0.3) is 0 Å². The molecule has 2 aliphatic rings. The largest absolute Gasteiger partial charge is 0.507 e. The summed E-state index contributed by atoms with van der Waals surface area (Å²) < 4.78 is 5.83. The molecule has 5 aromatic carbocycles. The fraction of sp³-hybridized carbons (Fsp3) is 0.319. The van der Waals surface area contributed by atoms with Gasteiger partial charge in [-0.05, 0) is 96.5 Å². The van der Waals surface area contributed by atoms with Crippen LogP contribution in [0.3, 0.4) is 0 Å². The third-order valence-electron chi connectivity index (χ3n) is 11.0. The lowest BCUT2D eigenvalue weighted by molar-refractivity contribution is 0.0974. The van der Waals surface area contributed by atoms with Gasteiger partial charge in [-0.3, -0.25) is 9.59 Å². The van der Waals surface area contributed by atoms with Gasteiger partial charge >= 0.3 is 0 Å². The van der Waals surface area contributed by atoms with Crippen molar-refractivity contribution in [2.45, 2.75) is 93.8 Å². The number of halogens is 2. The molecule has 0 unspecified atom stereocenters. The maximum Gasteiger partial charge on any atom is 0.198 e. The van der Waals surface area contributed by atoms with Crippen molar-refractivity contribution < 1.29 is 19.4 Å². The van der Waals surface area contributed by atoms with Crippen molar-refractivity contribution in [3.05, 3.63) is 129 Å². The summed E-state index contributed by atoms with van der Waals surface area (Å²) >= 11 is 14.6. The van der Waals surface area contributed by atoms with Gasteiger partial charge in [-0.25, -0.2) is 0 Å².